The monoisotopic (exact) mass is 444 g/mol. The number of rotatable bonds is 6. The molecule has 2 saturated heterocycles. The Balaban J connectivity index is 1.33. The van der Waals surface area contributed by atoms with E-state index in [1.165, 1.54) is 0 Å². The van der Waals surface area contributed by atoms with Crippen molar-refractivity contribution in [2.45, 2.75) is 50.7 Å². The maximum absolute atomic E-state index is 13.1. The number of amides is 4. The van der Waals surface area contributed by atoms with E-state index in [1.807, 2.05) is 18.2 Å². The van der Waals surface area contributed by atoms with Crippen LogP contribution in [0.1, 0.15) is 38.2 Å². The minimum atomic E-state index is -0.792. The SMILES string of the molecule is COc1ccc(CN2CCN(C(=O)C(C)N3C(=O)NC4(CCCC4)C3=O)CC2)cc1OC. The Kier molecular flexibility index (Phi) is 6.28. The second kappa shape index (κ2) is 8.97. The standard InChI is InChI=1S/C23H32N4O5/c1-16(27-21(29)23(24-22(27)30)8-4-5-9-23)20(28)26-12-10-25(11-13-26)15-17-6-7-18(31-2)19(14-17)32-3/h6-7,14,16H,4-5,8-13,15H2,1-3H3,(H,24,30). The van der Waals surface area contributed by atoms with Gasteiger partial charge in [-0.05, 0) is 37.5 Å². The Morgan fingerprint density at radius 1 is 1.06 bits per heavy atom. The Bertz CT molecular complexity index is 890. The number of nitrogens with one attached hydrogen (secondary N) is 1. The van der Waals surface area contributed by atoms with Crippen LogP contribution in [0.5, 0.6) is 11.5 Å². The van der Waals surface area contributed by atoms with Crippen molar-refractivity contribution in [1.82, 2.24) is 20.0 Å². The van der Waals surface area contributed by atoms with Gasteiger partial charge in [0.25, 0.3) is 5.91 Å². The number of hydrogen-bond acceptors (Lipinski definition) is 6. The van der Waals surface area contributed by atoms with E-state index in [0.717, 1.165) is 42.9 Å². The summed E-state index contributed by atoms with van der Waals surface area (Å²) in [4.78, 5) is 43.8. The average molecular weight is 445 g/mol. The second-order valence-corrected chi connectivity index (χ2v) is 8.86. The third-order valence-electron chi connectivity index (χ3n) is 6.93. The number of urea groups is 1. The summed E-state index contributed by atoms with van der Waals surface area (Å²) in [5.41, 5.74) is 0.320. The van der Waals surface area contributed by atoms with Crippen molar-refractivity contribution in [3.8, 4) is 11.5 Å². The molecule has 3 fully saturated rings. The van der Waals surface area contributed by atoms with Gasteiger partial charge in [-0.15, -0.1) is 0 Å². The van der Waals surface area contributed by atoms with Crippen LogP contribution in [0.2, 0.25) is 0 Å². The molecule has 32 heavy (non-hydrogen) atoms. The summed E-state index contributed by atoms with van der Waals surface area (Å²) >= 11 is 0. The van der Waals surface area contributed by atoms with Gasteiger partial charge in [-0.2, -0.15) is 0 Å². The van der Waals surface area contributed by atoms with Crippen LogP contribution in [0.4, 0.5) is 4.79 Å². The molecule has 174 valence electrons. The fourth-order valence-electron chi connectivity index (χ4n) is 5.05. The minimum Gasteiger partial charge on any atom is -0.493 e. The first-order chi connectivity index (χ1) is 15.4. The molecule has 1 spiro atoms. The number of nitrogens with zero attached hydrogens (tertiary/aromatic N) is 3. The molecule has 9 nitrogen and oxygen atoms in total. The van der Waals surface area contributed by atoms with Crippen molar-refractivity contribution < 1.29 is 23.9 Å². The third-order valence-corrected chi connectivity index (χ3v) is 6.93. The molecule has 0 radical (unpaired) electrons. The van der Waals surface area contributed by atoms with Crippen LogP contribution in [0.25, 0.3) is 0 Å². The zero-order valence-electron chi connectivity index (χ0n) is 19.1. The van der Waals surface area contributed by atoms with Gasteiger partial charge in [-0.3, -0.25) is 14.5 Å². The van der Waals surface area contributed by atoms with Gasteiger partial charge in [0.1, 0.15) is 11.6 Å². The molecule has 1 aromatic rings. The van der Waals surface area contributed by atoms with Crippen molar-refractivity contribution in [2.75, 3.05) is 40.4 Å². The number of imide groups is 1. The fraction of sp³-hybridized carbons (Fsp3) is 0.609. The third kappa shape index (κ3) is 4.01. The van der Waals surface area contributed by atoms with Crippen LogP contribution >= 0.6 is 0 Å². The lowest BCUT2D eigenvalue weighted by Gasteiger charge is -2.37. The van der Waals surface area contributed by atoms with Gasteiger partial charge in [0.05, 0.1) is 14.2 Å². The van der Waals surface area contributed by atoms with Crippen molar-refractivity contribution in [3.05, 3.63) is 23.8 Å². The number of methoxy groups -OCH3 is 2. The first kappa shape index (κ1) is 22.4. The Hall–Kier alpha value is -2.81. The number of benzene rings is 1. The number of piperazine rings is 1. The molecule has 4 rings (SSSR count). The molecule has 1 atom stereocenters. The molecule has 1 aromatic carbocycles. The number of carbonyl (C=O) groups is 3. The predicted octanol–water partition coefficient (Wildman–Crippen LogP) is 1.60. The molecule has 2 aliphatic heterocycles. The quantitative estimate of drug-likeness (QED) is 0.671. The number of carbonyl (C=O) groups excluding carboxylic acids is 3. The van der Waals surface area contributed by atoms with Gasteiger partial charge in [0.15, 0.2) is 11.5 Å². The maximum atomic E-state index is 13.1. The normalized spacial score (nSPS) is 21.7. The van der Waals surface area contributed by atoms with Gasteiger partial charge in [0.2, 0.25) is 5.91 Å². The van der Waals surface area contributed by atoms with E-state index in [0.29, 0.717) is 37.4 Å². The van der Waals surface area contributed by atoms with E-state index in [4.69, 9.17) is 9.47 Å². The molecular weight excluding hydrogens is 412 g/mol. The van der Waals surface area contributed by atoms with E-state index >= 15 is 0 Å². The van der Waals surface area contributed by atoms with Crippen LogP contribution in [0, 0.1) is 0 Å². The summed E-state index contributed by atoms with van der Waals surface area (Å²) in [6.45, 7) is 4.96. The van der Waals surface area contributed by atoms with E-state index in [1.54, 1.807) is 26.0 Å². The highest BCUT2D eigenvalue weighted by Crippen LogP contribution is 2.36. The fourth-order valence-corrected chi connectivity index (χ4v) is 5.05. The van der Waals surface area contributed by atoms with Crippen LogP contribution in [-0.4, -0.2) is 84.5 Å². The van der Waals surface area contributed by atoms with Crippen LogP contribution in [0.15, 0.2) is 18.2 Å². The molecule has 3 aliphatic rings. The zero-order chi connectivity index (χ0) is 22.9. The predicted molar refractivity (Wildman–Crippen MR) is 117 cm³/mol. The Morgan fingerprint density at radius 3 is 2.34 bits per heavy atom. The van der Waals surface area contributed by atoms with Gasteiger partial charge in [-0.1, -0.05) is 18.9 Å². The maximum Gasteiger partial charge on any atom is 0.325 e. The molecule has 1 unspecified atom stereocenters. The number of ether oxygens (including phenoxy) is 2. The first-order valence-corrected chi connectivity index (χ1v) is 11.3. The van der Waals surface area contributed by atoms with Crippen LogP contribution in [0.3, 0.4) is 0 Å². The molecule has 0 bridgehead atoms. The molecule has 1 aliphatic carbocycles. The van der Waals surface area contributed by atoms with Gasteiger partial charge in [-0.25, -0.2) is 9.69 Å². The van der Waals surface area contributed by atoms with E-state index in [2.05, 4.69) is 10.2 Å². The summed E-state index contributed by atoms with van der Waals surface area (Å²) in [5.74, 6) is 0.976. The lowest BCUT2D eigenvalue weighted by atomic mass is 9.97. The molecule has 9 heteroatoms. The topological polar surface area (TPSA) is 91.4 Å². The van der Waals surface area contributed by atoms with Crippen molar-refractivity contribution in [3.63, 3.8) is 0 Å². The Morgan fingerprint density at radius 2 is 1.72 bits per heavy atom. The molecule has 4 amide bonds. The second-order valence-electron chi connectivity index (χ2n) is 8.86. The van der Waals surface area contributed by atoms with E-state index in [-0.39, 0.29) is 11.8 Å². The van der Waals surface area contributed by atoms with Crippen LogP contribution < -0.4 is 14.8 Å². The number of hydrogen-bond donors (Lipinski definition) is 1. The summed E-state index contributed by atoms with van der Waals surface area (Å²) in [6, 6.07) is 4.64. The van der Waals surface area contributed by atoms with E-state index < -0.39 is 17.6 Å². The van der Waals surface area contributed by atoms with E-state index in [9.17, 15) is 14.4 Å². The largest absolute Gasteiger partial charge is 0.493 e. The summed E-state index contributed by atoms with van der Waals surface area (Å²) in [5, 5.41) is 2.86. The van der Waals surface area contributed by atoms with Gasteiger partial charge in [0, 0.05) is 32.7 Å². The highest BCUT2D eigenvalue weighted by molar-refractivity contribution is 6.10. The van der Waals surface area contributed by atoms with Gasteiger partial charge < -0.3 is 19.7 Å². The highest BCUT2D eigenvalue weighted by atomic mass is 16.5. The minimum absolute atomic E-state index is 0.172. The van der Waals surface area contributed by atoms with Crippen LogP contribution in [-0.2, 0) is 16.1 Å². The average Bonchev–Trinajstić information content (AvgIpc) is 3.37. The lowest BCUT2D eigenvalue weighted by Crippen LogP contribution is -2.55. The highest BCUT2D eigenvalue weighted by Gasteiger charge is 2.54. The summed E-state index contributed by atoms with van der Waals surface area (Å²) < 4.78 is 10.7. The molecule has 1 N–H and O–H groups in total. The molecular formula is C23H32N4O5. The van der Waals surface area contributed by atoms with Crippen molar-refractivity contribution >= 4 is 17.8 Å². The smallest absolute Gasteiger partial charge is 0.325 e. The summed E-state index contributed by atoms with van der Waals surface area (Å²) in [7, 11) is 3.23. The van der Waals surface area contributed by atoms with Crippen molar-refractivity contribution in [1.29, 1.82) is 0 Å². The lowest BCUT2D eigenvalue weighted by molar-refractivity contribution is -0.144. The molecule has 0 aromatic heterocycles. The molecule has 2 heterocycles. The van der Waals surface area contributed by atoms with Crippen molar-refractivity contribution in [2.24, 2.45) is 0 Å². The summed E-state index contributed by atoms with van der Waals surface area (Å²) in [6.07, 6.45) is 3.15. The zero-order valence-corrected chi connectivity index (χ0v) is 19.1. The first-order valence-electron chi connectivity index (χ1n) is 11.3. The Labute approximate surface area is 188 Å². The molecule has 1 saturated carbocycles. The van der Waals surface area contributed by atoms with Gasteiger partial charge >= 0.3 is 6.03 Å².